The fourth-order valence-corrected chi connectivity index (χ4v) is 5.35. The summed E-state index contributed by atoms with van der Waals surface area (Å²) < 4.78 is 0. The van der Waals surface area contributed by atoms with Gasteiger partial charge in [0.2, 0.25) is 11.8 Å². The number of carbonyl (C=O) groups excluding carboxylic acids is 3. The van der Waals surface area contributed by atoms with Gasteiger partial charge < -0.3 is 10.2 Å². The molecule has 0 bridgehead atoms. The molecule has 0 fully saturated rings. The predicted octanol–water partition coefficient (Wildman–Crippen LogP) is 4.96. The van der Waals surface area contributed by atoms with Crippen LogP contribution in [-0.4, -0.2) is 35.6 Å². The molecule has 2 aromatic rings. The van der Waals surface area contributed by atoms with Gasteiger partial charge in [-0.25, -0.2) is 0 Å². The number of hydrogen-bond donors (Lipinski definition) is 1. The number of anilines is 1. The number of Topliss-reactive ketones (excluding diaryl/α,β-unsaturated/α-hetero) is 1. The van der Waals surface area contributed by atoms with Crippen molar-refractivity contribution in [2.45, 2.75) is 32.7 Å². The maximum Gasteiger partial charge on any atom is 0.227 e. The highest BCUT2D eigenvalue weighted by molar-refractivity contribution is 8.76. The summed E-state index contributed by atoms with van der Waals surface area (Å²) in [7, 11) is 3.28. The number of nitrogens with zero attached hydrogens (tertiary/aromatic N) is 1. The van der Waals surface area contributed by atoms with Gasteiger partial charge in [0.1, 0.15) is 5.78 Å². The van der Waals surface area contributed by atoms with Crippen LogP contribution in [0.3, 0.4) is 0 Å². The Labute approximate surface area is 197 Å². The highest BCUT2D eigenvalue weighted by Gasteiger charge is 2.21. The highest BCUT2D eigenvalue weighted by atomic mass is 33.1. The molecule has 0 spiro atoms. The smallest absolute Gasteiger partial charge is 0.227 e. The van der Waals surface area contributed by atoms with Crippen molar-refractivity contribution in [1.29, 1.82) is 0 Å². The fourth-order valence-electron chi connectivity index (χ4n) is 3.35. The number of carbonyl (C=O) groups is 3. The first-order valence-electron chi connectivity index (χ1n) is 10.7. The molecule has 0 saturated carbocycles. The summed E-state index contributed by atoms with van der Waals surface area (Å²) in [5.74, 6) is 1.57. The topological polar surface area (TPSA) is 66.5 Å². The van der Waals surface area contributed by atoms with Crippen LogP contribution in [0.5, 0.6) is 0 Å². The molecule has 0 aromatic heterocycles. The van der Waals surface area contributed by atoms with E-state index in [0.29, 0.717) is 19.5 Å². The third kappa shape index (κ3) is 7.28. The number of para-hydroxylation sites is 1. The second kappa shape index (κ2) is 12.5. The predicted molar refractivity (Wildman–Crippen MR) is 135 cm³/mol. The van der Waals surface area contributed by atoms with E-state index in [1.165, 1.54) is 0 Å². The van der Waals surface area contributed by atoms with Crippen LogP contribution in [0.1, 0.15) is 42.9 Å². The van der Waals surface area contributed by atoms with Gasteiger partial charge in [0.05, 0.1) is 12.2 Å². The normalized spacial score (nSPS) is 13.3. The molecule has 1 aliphatic rings. The van der Waals surface area contributed by atoms with E-state index < -0.39 is 0 Å². The lowest BCUT2D eigenvalue weighted by Crippen LogP contribution is -2.33. The summed E-state index contributed by atoms with van der Waals surface area (Å²) >= 11 is 0. The minimum absolute atomic E-state index is 0.0631. The van der Waals surface area contributed by atoms with Gasteiger partial charge in [0.15, 0.2) is 0 Å². The lowest BCUT2D eigenvalue weighted by Gasteiger charge is -2.27. The second-order valence-corrected chi connectivity index (χ2v) is 10.2. The summed E-state index contributed by atoms with van der Waals surface area (Å²) in [6, 6.07) is 15.9. The van der Waals surface area contributed by atoms with Crippen molar-refractivity contribution in [2.75, 3.05) is 23.0 Å². The van der Waals surface area contributed by atoms with Crippen molar-refractivity contribution < 1.29 is 14.4 Å². The molecule has 2 amide bonds. The van der Waals surface area contributed by atoms with Crippen LogP contribution in [0.4, 0.5) is 5.69 Å². The maximum atomic E-state index is 13.1. The van der Waals surface area contributed by atoms with E-state index in [0.717, 1.165) is 33.9 Å². The molecule has 5 nitrogen and oxygen atoms in total. The molecular formula is C25H28N2O3S2. The Morgan fingerprint density at radius 2 is 1.56 bits per heavy atom. The summed E-state index contributed by atoms with van der Waals surface area (Å²) in [5, 5.41) is 2.88. The molecule has 0 unspecified atom stereocenters. The molecule has 0 aliphatic carbocycles. The first kappa shape index (κ1) is 24.1. The standard InChI is InChI=1S/C25H28N2O3S2/c1-19(28)14-16-31-32-17-15-26-24(29)12-13-25(30)27-18-22-8-3-2-6-20(22)10-11-21-7-4-5-9-23(21)27/h2-11H,12-18H2,1H3,(H,26,29)/b11-10-. The van der Waals surface area contributed by atoms with Crippen molar-refractivity contribution in [1.82, 2.24) is 5.32 Å². The molecule has 0 atom stereocenters. The minimum Gasteiger partial charge on any atom is -0.355 e. The van der Waals surface area contributed by atoms with Gasteiger partial charge in [-0.1, -0.05) is 76.2 Å². The molecule has 32 heavy (non-hydrogen) atoms. The summed E-state index contributed by atoms with van der Waals surface area (Å²) in [5.41, 5.74) is 4.02. The zero-order chi connectivity index (χ0) is 22.8. The molecule has 1 N–H and O–H groups in total. The van der Waals surface area contributed by atoms with Gasteiger partial charge in [-0.2, -0.15) is 0 Å². The minimum atomic E-state index is -0.117. The van der Waals surface area contributed by atoms with Gasteiger partial charge in [-0.15, -0.1) is 0 Å². The second-order valence-electron chi connectivity index (χ2n) is 7.52. The van der Waals surface area contributed by atoms with E-state index in [2.05, 4.69) is 11.4 Å². The molecule has 1 heterocycles. The molecule has 0 radical (unpaired) electrons. The van der Waals surface area contributed by atoms with Crippen LogP contribution in [-0.2, 0) is 20.9 Å². The first-order valence-corrected chi connectivity index (χ1v) is 13.2. The molecule has 7 heteroatoms. The average Bonchev–Trinajstić information content (AvgIpc) is 2.78. The number of amides is 2. The van der Waals surface area contributed by atoms with Gasteiger partial charge >= 0.3 is 0 Å². The largest absolute Gasteiger partial charge is 0.355 e. The SMILES string of the molecule is CC(=O)CCSSCCNC(=O)CCC(=O)N1Cc2ccccc2/C=C\c2ccccc21. The summed E-state index contributed by atoms with van der Waals surface area (Å²) in [6.07, 6.45) is 5.02. The molecular weight excluding hydrogens is 440 g/mol. The van der Waals surface area contributed by atoms with Crippen LogP contribution < -0.4 is 10.2 Å². The van der Waals surface area contributed by atoms with E-state index >= 15 is 0 Å². The fraction of sp³-hybridized carbons (Fsp3) is 0.320. The van der Waals surface area contributed by atoms with Crippen molar-refractivity contribution in [3.05, 3.63) is 65.2 Å². The Hall–Kier alpha value is -2.51. The number of hydrogen-bond acceptors (Lipinski definition) is 5. The van der Waals surface area contributed by atoms with E-state index in [4.69, 9.17) is 0 Å². The molecule has 1 aliphatic heterocycles. The van der Waals surface area contributed by atoms with Crippen molar-refractivity contribution in [3.8, 4) is 0 Å². The van der Waals surface area contributed by atoms with Gasteiger partial charge in [-0.05, 0) is 29.7 Å². The number of fused-ring (bicyclic) bond motifs is 2. The van der Waals surface area contributed by atoms with Crippen LogP contribution in [0.15, 0.2) is 48.5 Å². The quantitative estimate of drug-likeness (QED) is 0.394. The Morgan fingerprint density at radius 3 is 2.38 bits per heavy atom. The maximum absolute atomic E-state index is 13.1. The number of benzene rings is 2. The molecule has 3 rings (SSSR count). The van der Waals surface area contributed by atoms with Crippen molar-refractivity contribution >= 4 is 57.0 Å². The molecule has 0 saturated heterocycles. The Kier molecular flexibility index (Phi) is 9.43. The van der Waals surface area contributed by atoms with Crippen LogP contribution in [0.2, 0.25) is 0 Å². The zero-order valence-electron chi connectivity index (χ0n) is 18.2. The van der Waals surface area contributed by atoms with E-state index in [9.17, 15) is 14.4 Å². The van der Waals surface area contributed by atoms with Gasteiger partial charge in [0, 0.05) is 37.3 Å². The Bertz CT molecular complexity index is 991. The summed E-state index contributed by atoms with van der Waals surface area (Å²) in [4.78, 5) is 38.1. The lowest BCUT2D eigenvalue weighted by molar-refractivity contribution is -0.125. The number of ketones is 1. The molecule has 2 aromatic carbocycles. The van der Waals surface area contributed by atoms with E-state index in [-0.39, 0.29) is 30.4 Å². The highest BCUT2D eigenvalue weighted by Crippen LogP contribution is 2.29. The third-order valence-electron chi connectivity index (χ3n) is 5.05. The van der Waals surface area contributed by atoms with E-state index in [1.54, 1.807) is 33.4 Å². The van der Waals surface area contributed by atoms with Crippen LogP contribution in [0.25, 0.3) is 12.2 Å². The Morgan fingerprint density at radius 1 is 0.875 bits per heavy atom. The van der Waals surface area contributed by atoms with Crippen molar-refractivity contribution in [2.24, 2.45) is 0 Å². The van der Waals surface area contributed by atoms with Crippen molar-refractivity contribution in [3.63, 3.8) is 0 Å². The van der Waals surface area contributed by atoms with Gasteiger partial charge in [0.25, 0.3) is 0 Å². The van der Waals surface area contributed by atoms with E-state index in [1.807, 2.05) is 54.6 Å². The van der Waals surface area contributed by atoms with Crippen LogP contribution >= 0.6 is 21.6 Å². The zero-order valence-corrected chi connectivity index (χ0v) is 19.8. The molecule has 168 valence electrons. The number of rotatable bonds is 10. The third-order valence-corrected chi connectivity index (χ3v) is 7.46. The Balaban J connectivity index is 1.52. The summed E-state index contributed by atoms with van der Waals surface area (Å²) in [6.45, 7) is 2.62. The lowest BCUT2D eigenvalue weighted by atomic mass is 10.0. The monoisotopic (exact) mass is 468 g/mol. The van der Waals surface area contributed by atoms with Gasteiger partial charge in [-0.3, -0.25) is 14.4 Å². The first-order chi connectivity index (χ1) is 15.5. The van der Waals surface area contributed by atoms with Crippen LogP contribution in [0, 0.1) is 0 Å². The average molecular weight is 469 g/mol. The number of nitrogens with one attached hydrogen (secondary N) is 1.